The van der Waals surface area contributed by atoms with Crippen LogP contribution in [0.1, 0.15) is 5.56 Å². The van der Waals surface area contributed by atoms with Gasteiger partial charge in [0.25, 0.3) is 5.60 Å². The van der Waals surface area contributed by atoms with Gasteiger partial charge in [-0.1, -0.05) is 6.07 Å². The van der Waals surface area contributed by atoms with Gasteiger partial charge in [0.05, 0.1) is 33.7 Å². The second kappa shape index (κ2) is 9.94. The molecule has 5 rings (SSSR count). The molecule has 5 aromatic rings. The van der Waals surface area contributed by atoms with Crippen LogP contribution in [0.4, 0.5) is 37.8 Å². The van der Waals surface area contributed by atoms with Crippen molar-refractivity contribution < 1.29 is 35.7 Å². The van der Waals surface area contributed by atoms with E-state index in [-0.39, 0.29) is 10.9 Å². The van der Waals surface area contributed by atoms with Crippen LogP contribution in [0.2, 0.25) is 0 Å². The number of nitrogens with zero attached hydrogens (tertiary/aromatic N) is 4. The summed E-state index contributed by atoms with van der Waals surface area (Å²) in [5.74, 6) is 0.442. The lowest BCUT2D eigenvalue weighted by atomic mass is 9.98. The Kier molecular flexibility index (Phi) is 6.93. The number of rotatable bonds is 6. The maximum atomic E-state index is 13.3. The van der Waals surface area contributed by atoms with E-state index in [9.17, 15) is 35.7 Å². The fourth-order valence-corrected chi connectivity index (χ4v) is 5.18. The first-order valence-electron chi connectivity index (χ1n) is 12.2. The van der Waals surface area contributed by atoms with Crippen molar-refractivity contribution in [2.24, 2.45) is 0 Å². The number of aromatic nitrogens is 4. The van der Waals surface area contributed by atoms with Crippen molar-refractivity contribution in [3.05, 3.63) is 72.7 Å². The molecular formula is C27H22F6N6O2S. The average Bonchev–Trinajstić information content (AvgIpc) is 3.30. The van der Waals surface area contributed by atoms with Gasteiger partial charge >= 0.3 is 12.4 Å². The molecule has 1 unspecified atom stereocenters. The molecule has 220 valence electrons. The highest BCUT2D eigenvalue weighted by Gasteiger charge is 2.70. The minimum atomic E-state index is -5.98. The SMILES string of the molecule is Cc1c(-c2nccc3cnc(Nc4ccc(S(C)(=N)=O)cc4)cc23)ccc2c1cnn2CC(O)(C(F)(F)F)C(F)(F)F. The lowest BCUT2D eigenvalue weighted by Gasteiger charge is -2.32. The van der Waals surface area contributed by atoms with E-state index in [1.54, 1.807) is 55.7 Å². The van der Waals surface area contributed by atoms with Crippen molar-refractivity contribution in [2.75, 3.05) is 11.6 Å². The largest absolute Gasteiger partial charge is 0.428 e. The van der Waals surface area contributed by atoms with E-state index in [0.29, 0.717) is 43.3 Å². The molecule has 0 aliphatic rings. The minimum absolute atomic E-state index is 0.0282. The highest BCUT2D eigenvalue weighted by molar-refractivity contribution is 7.91. The Labute approximate surface area is 235 Å². The van der Waals surface area contributed by atoms with Crippen LogP contribution in [0.5, 0.6) is 0 Å². The van der Waals surface area contributed by atoms with Crippen molar-refractivity contribution in [2.45, 2.75) is 36.3 Å². The number of hydrogen-bond donors (Lipinski definition) is 3. The van der Waals surface area contributed by atoms with Crippen molar-refractivity contribution >= 4 is 42.9 Å². The van der Waals surface area contributed by atoms with Crippen LogP contribution in [0.15, 0.2) is 72.0 Å². The van der Waals surface area contributed by atoms with Gasteiger partial charge in [-0.05, 0) is 55.0 Å². The molecule has 3 N–H and O–H groups in total. The molecule has 0 spiro atoms. The van der Waals surface area contributed by atoms with E-state index in [1.807, 2.05) is 0 Å². The zero-order valence-corrected chi connectivity index (χ0v) is 22.7. The van der Waals surface area contributed by atoms with Gasteiger partial charge in [-0.15, -0.1) is 0 Å². The van der Waals surface area contributed by atoms with E-state index in [0.717, 1.165) is 11.6 Å². The number of anilines is 2. The molecule has 3 heterocycles. The number of benzene rings is 2. The molecule has 0 saturated heterocycles. The maximum absolute atomic E-state index is 13.3. The summed E-state index contributed by atoms with van der Waals surface area (Å²) in [6.45, 7) is -0.225. The Morgan fingerprint density at radius 1 is 0.952 bits per heavy atom. The third kappa shape index (κ3) is 5.13. The minimum Gasteiger partial charge on any atom is -0.372 e. The lowest BCUT2D eigenvalue weighted by molar-refractivity contribution is -0.372. The quantitative estimate of drug-likeness (QED) is 0.187. The molecule has 0 fully saturated rings. The summed E-state index contributed by atoms with van der Waals surface area (Å²) in [6.07, 6.45) is -6.33. The molecule has 0 radical (unpaired) electrons. The monoisotopic (exact) mass is 608 g/mol. The van der Waals surface area contributed by atoms with E-state index in [4.69, 9.17) is 4.78 Å². The maximum Gasteiger partial charge on any atom is 0.428 e. The number of aliphatic hydroxyl groups is 1. The number of nitrogens with one attached hydrogen (secondary N) is 2. The zero-order valence-electron chi connectivity index (χ0n) is 21.9. The van der Waals surface area contributed by atoms with E-state index < -0.39 is 34.2 Å². The number of fused-ring (bicyclic) bond motifs is 2. The third-order valence-corrected chi connectivity index (χ3v) is 8.06. The first-order valence-corrected chi connectivity index (χ1v) is 14.1. The molecule has 0 aliphatic carbocycles. The molecule has 2 aromatic carbocycles. The van der Waals surface area contributed by atoms with Gasteiger partial charge in [0.1, 0.15) is 5.82 Å². The van der Waals surface area contributed by atoms with Crippen molar-refractivity contribution in [3.8, 4) is 11.3 Å². The Bertz CT molecular complexity index is 1900. The molecule has 0 amide bonds. The van der Waals surface area contributed by atoms with Gasteiger partial charge in [-0.25, -0.2) is 14.0 Å². The predicted molar refractivity (Wildman–Crippen MR) is 145 cm³/mol. The average molecular weight is 609 g/mol. The third-order valence-electron chi connectivity index (χ3n) is 6.89. The molecule has 15 heteroatoms. The zero-order chi connectivity index (χ0) is 30.7. The van der Waals surface area contributed by atoms with Gasteiger partial charge in [-0.2, -0.15) is 31.4 Å². The highest BCUT2D eigenvalue weighted by Crippen LogP contribution is 2.44. The fraction of sp³-hybridized carbons (Fsp3) is 0.222. The summed E-state index contributed by atoms with van der Waals surface area (Å²) in [5, 5.41) is 18.2. The number of alkyl halides is 6. The normalized spacial score (nSPS) is 14.3. The molecule has 0 saturated carbocycles. The molecular weight excluding hydrogens is 586 g/mol. The first kappa shape index (κ1) is 29.3. The van der Waals surface area contributed by atoms with Crippen molar-refractivity contribution in [1.29, 1.82) is 4.78 Å². The van der Waals surface area contributed by atoms with Crippen LogP contribution >= 0.6 is 0 Å². The van der Waals surface area contributed by atoms with E-state index in [1.165, 1.54) is 18.4 Å². The first-order chi connectivity index (χ1) is 19.5. The topological polar surface area (TPSA) is 117 Å². The van der Waals surface area contributed by atoms with Crippen LogP contribution in [0, 0.1) is 11.7 Å². The summed E-state index contributed by atoms with van der Waals surface area (Å²) >= 11 is 0. The van der Waals surface area contributed by atoms with Gasteiger partial charge in [0, 0.05) is 51.0 Å². The summed E-state index contributed by atoms with van der Waals surface area (Å²) in [5.41, 5.74) is -2.84. The van der Waals surface area contributed by atoms with Gasteiger partial charge in [0.2, 0.25) is 0 Å². The van der Waals surface area contributed by atoms with E-state index >= 15 is 0 Å². The van der Waals surface area contributed by atoms with Gasteiger partial charge in [0.15, 0.2) is 0 Å². The molecule has 1 atom stereocenters. The molecule has 3 aromatic heterocycles. The predicted octanol–water partition coefficient (Wildman–Crippen LogP) is 6.59. The van der Waals surface area contributed by atoms with Crippen LogP contribution < -0.4 is 5.32 Å². The summed E-state index contributed by atoms with van der Waals surface area (Å²) in [6, 6.07) is 12.8. The Morgan fingerprint density at radius 2 is 1.62 bits per heavy atom. The summed E-state index contributed by atoms with van der Waals surface area (Å²) in [4.78, 5) is 9.27. The summed E-state index contributed by atoms with van der Waals surface area (Å²) in [7, 11) is -2.87. The lowest BCUT2D eigenvalue weighted by Crippen LogP contribution is -2.59. The number of halogens is 6. The standard InChI is InChI=1S/C27H22F6N6O2S/c1-15-19(7-8-22-21(15)13-37-39(22)14-25(40,26(28,29)30)27(31,32)33)24-20-11-23(36-12-16(20)9-10-35-24)38-17-3-5-18(6-4-17)42(2,34)41/h3-13,34,40H,14H2,1-2H3,(H,36,38). The second-order valence-electron chi connectivity index (χ2n) is 9.77. The molecule has 8 nitrogen and oxygen atoms in total. The smallest absolute Gasteiger partial charge is 0.372 e. The molecule has 0 bridgehead atoms. The molecule has 42 heavy (non-hydrogen) atoms. The highest BCUT2D eigenvalue weighted by atomic mass is 32.2. The van der Waals surface area contributed by atoms with Crippen LogP contribution in [0.25, 0.3) is 32.9 Å². The summed E-state index contributed by atoms with van der Waals surface area (Å²) < 4.78 is 99.9. The van der Waals surface area contributed by atoms with Gasteiger partial charge < -0.3 is 10.4 Å². The van der Waals surface area contributed by atoms with Crippen molar-refractivity contribution in [3.63, 3.8) is 0 Å². The van der Waals surface area contributed by atoms with Crippen LogP contribution in [-0.2, 0) is 16.3 Å². The Morgan fingerprint density at radius 3 is 2.24 bits per heavy atom. The van der Waals surface area contributed by atoms with Gasteiger partial charge in [-0.3, -0.25) is 9.67 Å². The second-order valence-corrected chi connectivity index (χ2v) is 11.9. The number of hydrogen-bond acceptors (Lipinski definition) is 7. The van der Waals surface area contributed by atoms with Crippen LogP contribution in [-0.4, -0.2) is 53.3 Å². The number of pyridine rings is 2. The Balaban J connectivity index is 1.53. The number of aryl methyl sites for hydroxylation is 1. The van der Waals surface area contributed by atoms with Crippen LogP contribution in [0.3, 0.4) is 0 Å². The molecule has 0 aliphatic heterocycles. The van der Waals surface area contributed by atoms with Crippen molar-refractivity contribution in [1.82, 2.24) is 19.7 Å². The Hall–Kier alpha value is -4.24. The van der Waals surface area contributed by atoms with E-state index in [2.05, 4.69) is 20.4 Å². The fourth-order valence-electron chi connectivity index (χ4n) is 4.53.